The molecule has 2 N–H and O–H groups in total. The van der Waals surface area contributed by atoms with Gasteiger partial charge in [0.25, 0.3) is 0 Å². The van der Waals surface area contributed by atoms with Crippen molar-refractivity contribution in [2.45, 2.75) is 11.3 Å². The number of nitrogens with two attached hydrogens (primary N) is 1. The molecule has 0 saturated carbocycles. The van der Waals surface area contributed by atoms with E-state index < -0.39 is 0 Å². The van der Waals surface area contributed by atoms with E-state index in [0.717, 1.165) is 17.9 Å². The fourth-order valence-corrected chi connectivity index (χ4v) is 3.34. The van der Waals surface area contributed by atoms with Crippen LogP contribution in [0.4, 0.5) is 5.69 Å². The number of rotatable bonds is 2. The van der Waals surface area contributed by atoms with Gasteiger partial charge in [0.2, 0.25) is 0 Å². The Balaban J connectivity index is 2.18. The second-order valence-electron chi connectivity index (χ2n) is 4.41. The fourth-order valence-electron chi connectivity index (χ4n) is 2.61. The third-order valence-corrected chi connectivity index (χ3v) is 4.36. The molecule has 18 heavy (non-hydrogen) atoms. The van der Waals surface area contributed by atoms with Gasteiger partial charge in [-0.15, -0.1) is 11.8 Å². The summed E-state index contributed by atoms with van der Waals surface area (Å²) in [7, 11) is 1.70. The first kappa shape index (κ1) is 11.5. The molecule has 0 heterocycles. The number of hydrogen-bond donors (Lipinski definition) is 1. The lowest BCUT2D eigenvalue weighted by Crippen LogP contribution is -1.93. The van der Waals surface area contributed by atoms with Gasteiger partial charge < -0.3 is 10.5 Å². The van der Waals surface area contributed by atoms with Crippen LogP contribution in [0.3, 0.4) is 0 Å². The Kier molecular flexibility index (Phi) is 2.71. The van der Waals surface area contributed by atoms with Crippen LogP contribution in [0.2, 0.25) is 0 Å². The third-order valence-electron chi connectivity index (χ3n) is 3.46. The molecule has 0 spiro atoms. The van der Waals surface area contributed by atoms with Crippen LogP contribution < -0.4 is 10.5 Å². The van der Waals surface area contributed by atoms with E-state index in [-0.39, 0.29) is 0 Å². The first-order chi connectivity index (χ1) is 8.74. The van der Waals surface area contributed by atoms with Crippen LogP contribution in [0.5, 0.6) is 5.75 Å². The Labute approximate surface area is 111 Å². The number of fused-ring (bicyclic) bond motifs is 3. The van der Waals surface area contributed by atoms with Crippen molar-refractivity contribution in [3.05, 3.63) is 41.5 Å². The summed E-state index contributed by atoms with van der Waals surface area (Å²) in [5.74, 6) is 0.917. The van der Waals surface area contributed by atoms with Gasteiger partial charge in [-0.25, -0.2) is 0 Å². The summed E-state index contributed by atoms with van der Waals surface area (Å²) in [6.45, 7) is 0. The molecule has 0 aliphatic heterocycles. The van der Waals surface area contributed by atoms with E-state index in [2.05, 4.69) is 24.5 Å². The van der Waals surface area contributed by atoms with Crippen molar-refractivity contribution in [3.63, 3.8) is 0 Å². The Morgan fingerprint density at radius 2 is 1.94 bits per heavy atom. The number of methoxy groups -OCH3 is 1. The fraction of sp³-hybridized carbons (Fsp3) is 0.200. The molecule has 0 aromatic heterocycles. The third kappa shape index (κ3) is 1.58. The molecule has 2 aromatic rings. The molecule has 3 rings (SSSR count). The second-order valence-corrected chi connectivity index (χ2v) is 5.23. The molecule has 3 heteroatoms. The second kappa shape index (κ2) is 4.25. The Hall–Kier alpha value is -1.61. The molecular weight excluding hydrogens is 242 g/mol. The summed E-state index contributed by atoms with van der Waals surface area (Å²) in [6.07, 6.45) is 3.03. The van der Waals surface area contributed by atoms with Crippen molar-refractivity contribution >= 4 is 17.4 Å². The van der Waals surface area contributed by atoms with Crippen LogP contribution in [0.25, 0.3) is 11.1 Å². The normalized spacial score (nSPS) is 12.1. The van der Waals surface area contributed by atoms with Crippen molar-refractivity contribution in [2.24, 2.45) is 0 Å². The van der Waals surface area contributed by atoms with E-state index in [1.807, 2.05) is 12.1 Å². The molecule has 0 saturated heterocycles. The smallest absolute Gasteiger partial charge is 0.119 e. The minimum Gasteiger partial charge on any atom is -0.497 e. The van der Waals surface area contributed by atoms with Crippen molar-refractivity contribution in [1.82, 2.24) is 0 Å². The zero-order valence-corrected chi connectivity index (χ0v) is 11.3. The van der Waals surface area contributed by atoms with E-state index in [1.165, 1.54) is 27.1 Å². The van der Waals surface area contributed by atoms with Crippen molar-refractivity contribution in [2.75, 3.05) is 19.1 Å². The summed E-state index contributed by atoms with van der Waals surface area (Å²) in [5.41, 5.74) is 12.2. The summed E-state index contributed by atoms with van der Waals surface area (Å²) < 4.78 is 5.29. The molecule has 0 atom stereocenters. The molecular formula is C15H15NOS. The molecule has 92 valence electrons. The predicted octanol–water partition coefficient (Wildman–Crippen LogP) is 3.57. The van der Waals surface area contributed by atoms with Crippen LogP contribution in [0.15, 0.2) is 35.2 Å². The van der Waals surface area contributed by atoms with E-state index in [9.17, 15) is 0 Å². The largest absolute Gasteiger partial charge is 0.497 e. The molecule has 2 aromatic carbocycles. The molecule has 0 amide bonds. The monoisotopic (exact) mass is 257 g/mol. The molecule has 0 unspecified atom stereocenters. The zero-order chi connectivity index (χ0) is 12.7. The number of hydrogen-bond acceptors (Lipinski definition) is 3. The SMILES string of the molecule is COc1ccc2c(c1)Cc1c-2ccc(N)c1SC. The quantitative estimate of drug-likeness (QED) is 0.563. The van der Waals surface area contributed by atoms with Gasteiger partial charge in [-0.05, 0) is 53.1 Å². The lowest BCUT2D eigenvalue weighted by molar-refractivity contribution is 0.414. The average molecular weight is 257 g/mol. The summed E-state index contributed by atoms with van der Waals surface area (Å²) in [6, 6.07) is 10.4. The Morgan fingerprint density at radius 3 is 2.67 bits per heavy atom. The lowest BCUT2D eigenvalue weighted by Gasteiger charge is -2.08. The lowest BCUT2D eigenvalue weighted by atomic mass is 10.1. The van der Waals surface area contributed by atoms with Crippen molar-refractivity contribution in [3.8, 4) is 16.9 Å². The topological polar surface area (TPSA) is 35.2 Å². The Bertz CT molecular complexity index is 622. The van der Waals surface area contributed by atoms with Crippen LogP contribution in [-0.2, 0) is 6.42 Å². The number of nitrogen functional groups attached to an aromatic ring is 1. The number of benzene rings is 2. The van der Waals surface area contributed by atoms with Gasteiger partial charge in [0.1, 0.15) is 5.75 Å². The minimum absolute atomic E-state index is 0.876. The minimum atomic E-state index is 0.876. The zero-order valence-electron chi connectivity index (χ0n) is 10.5. The van der Waals surface area contributed by atoms with Gasteiger partial charge in [-0.2, -0.15) is 0 Å². The van der Waals surface area contributed by atoms with Crippen LogP contribution in [-0.4, -0.2) is 13.4 Å². The maximum absolute atomic E-state index is 6.05. The Morgan fingerprint density at radius 1 is 1.17 bits per heavy atom. The highest BCUT2D eigenvalue weighted by Gasteiger charge is 2.22. The number of thioether (sulfide) groups is 1. The highest BCUT2D eigenvalue weighted by molar-refractivity contribution is 7.98. The van der Waals surface area contributed by atoms with Gasteiger partial charge in [-0.3, -0.25) is 0 Å². The van der Waals surface area contributed by atoms with Crippen molar-refractivity contribution < 1.29 is 4.74 Å². The van der Waals surface area contributed by atoms with Gasteiger partial charge in [0.05, 0.1) is 7.11 Å². The average Bonchev–Trinajstić information content (AvgIpc) is 2.75. The maximum Gasteiger partial charge on any atom is 0.119 e. The van der Waals surface area contributed by atoms with E-state index in [4.69, 9.17) is 10.5 Å². The molecule has 0 radical (unpaired) electrons. The standard InChI is InChI=1S/C15H15NOS/c1-17-10-3-4-11-9(7-10)8-13-12(11)5-6-14(16)15(13)18-2/h3-7H,8,16H2,1-2H3. The van der Waals surface area contributed by atoms with E-state index in [1.54, 1.807) is 18.9 Å². The van der Waals surface area contributed by atoms with E-state index >= 15 is 0 Å². The van der Waals surface area contributed by atoms with Gasteiger partial charge in [-0.1, -0.05) is 12.1 Å². The maximum atomic E-state index is 6.05. The predicted molar refractivity (Wildman–Crippen MR) is 77.4 cm³/mol. The van der Waals surface area contributed by atoms with Crippen LogP contribution >= 0.6 is 11.8 Å². The molecule has 1 aliphatic rings. The van der Waals surface area contributed by atoms with Gasteiger partial charge in [0, 0.05) is 10.6 Å². The summed E-state index contributed by atoms with van der Waals surface area (Å²) >= 11 is 1.73. The van der Waals surface area contributed by atoms with Crippen LogP contribution in [0, 0.1) is 0 Å². The first-order valence-corrected chi connectivity index (χ1v) is 7.09. The van der Waals surface area contributed by atoms with Crippen LogP contribution in [0.1, 0.15) is 11.1 Å². The highest BCUT2D eigenvalue weighted by Crippen LogP contribution is 2.44. The number of ether oxygens (including phenoxy) is 1. The van der Waals surface area contributed by atoms with Crippen molar-refractivity contribution in [1.29, 1.82) is 0 Å². The molecule has 0 bridgehead atoms. The summed E-state index contributed by atoms with van der Waals surface area (Å²) in [5, 5.41) is 0. The van der Waals surface area contributed by atoms with E-state index in [0.29, 0.717) is 0 Å². The first-order valence-electron chi connectivity index (χ1n) is 5.87. The highest BCUT2D eigenvalue weighted by atomic mass is 32.2. The molecule has 1 aliphatic carbocycles. The molecule has 0 fully saturated rings. The number of anilines is 1. The summed E-state index contributed by atoms with van der Waals surface area (Å²) in [4.78, 5) is 1.21. The molecule has 2 nitrogen and oxygen atoms in total. The van der Waals surface area contributed by atoms with Gasteiger partial charge in [0.15, 0.2) is 0 Å². The van der Waals surface area contributed by atoms with Gasteiger partial charge >= 0.3 is 0 Å².